The number of aromatic nitrogens is 2. The highest BCUT2D eigenvalue weighted by Crippen LogP contribution is 2.15. The van der Waals surface area contributed by atoms with E-state index in [4.69, 9.17) is 0 Å². The molecule has 1 heterocycles. The van der Waals surface area contributed by atoms with Gasteiger partial charge in [-0.05, 0) is 30.5 Å². The van der Waals surface area contributed by atoms with Crippen LogP contribution in [0.4, 0.5) is 5.69 Å². The summed E-state index contributed by atoms with van der Waals surface area (Å²) in [6, 6.07) is 6.38. The summed E-state index contributed by atoms with van der Waals surface area (Å²) in [5.74, 6) is 0. The van der Waals surface area contributed by atoms with Crippen LogP contribution in [0, 0.1) is 10.1 Å². The second-order valence-corrected chi connectivity index (χ2v) is 4.17. The number of nitro benzene ring substituents is 1. The predicted octanol–water partition coefficient (Wildman–Crippen LogP) is 3.12. The molecule has 5 nitrogen and oxygen atoms in total. The maximum atomic E-state index is 10.6. The van der Waals surface area contributed by atoms with E-state index in [0.29, 0.717) is 0 Å². The van der Waals surface area contributed by atoms with E-state index in [2.05, 4.69) is 12.0 Å². The van der Waals surface area contributed by atoms with Crippen molar-refractivity contribution in [2.24, 2.45) is 0 Å². The molecule has 0 unspecified atom stereocenters. The van der Waals surface area contributed by atoms with Gasteiger partial charge in [0.05, 0.1) is 16.8 Å². The third-order valence-electron chi connectivity index (χ3n) is 2.78. The summed E-state index contributed by atoms with van der Waals surface area (Å²) in [5.41, 5.74) is 2.12. The predicted molar refractivity (Wildman–Crippen MR) is 68.8 cm³/mol. The van der Waals surface area contributed by atoms with Gasteiger partial charge in [-0.1, -0.05) is 13.3 Å². The van der Waals surface area contributed by atoms with Gasteiger partial charge in [0.25, 0.3) is 5.69 Å². The van der Waals surface area contributed by atoms with Gasteiger partial charge >= 0.3 is 0 Å². The van der Waals surface area contributed by atoms with Crippen molar-refractivity contribution in [2.75, 3.05) is 0 Å². The van der Waals surface area contributed by atoms with Crippen molar-refractivity contribution in [3.8, 4) is 5.69 Å². The molecule has 2 rings (SSSR count). The number of aryl methyl sites for hydroxylation is 1. The first-order valence-electron chi connectivity index (χ1n) is 5.99. The minimum atomic E-state index is -0.403. The fraction of sp³-hybridized carbons (Fsp3) is 0.308. The van der Waals surface area contributed by atoms with Gasteiger partial charge < -0.3 is 0 Å². The lowest BCUT2D eigenvalue weighted by atomic mass is 10.2. The van der Waals surface area contributed by atoms with Crippen LogP contribution in [-0.2, 0) is 6.42 Å². The summed E-state index contributed by atoms with van der Waals surface area (Å²) in [6.07, 6.45) is 7.13. The van der Waals surface area contributed by atoms with Crippen molar-refractivity contribution < 1.29 is 4.92 Å². The van der Waals surface area contributed by atoms with Crippen molar-refractivity contribution in [1.82, 2.24) is 9.78 Å². The third-order valence-corrected chi connectivity index (χ3v) is 2.78. The number of hydrogen-bond donors (Lipinski definition) is 0. The van der Waals surface area contributed by atoms with Crippen molar-refractivity contribution in [2.45, 2.75) is 26.2 Å². The Morgan fingerprint density at radius 3 is 2.67 bits per heavy atom. The Morgan fingerprint density at radius 1 is 1.33 bits per heavy atom. The maximum absolute atomic E-state index is 10.6. The Morgan fingerprint density at radius 2 is 2.06 bits per heavy atom. The zero-order chi connectivity index (χ0) is 13.0. The maximum Gasteiger partial charge on any atom is 0.269 e. The van der Waals surface area contributed by atoms with Crippen LogP contribution in [0.15, 0.2) is 36.7 Å². The minimum absolute atomic E-state index is 0.0945. The van der Waals surface area contributed by atoms with Crippen LogP contribution in [0.25, 0.3) is 5.69 Å². The van der Waals surface area contributed by atoms with Crippen LogP contribution in [0.5, 0.6) is 0 Å². The molecular weight excluding hydrogens is 230 g/mol. The molecule has 18 heavy (non-hydrogen) atoms. The van der Waals surface area contributed by atoms with E-state index in [1.807, 2.05) is 12.4 Å². The summed E-state index contributed by atoms with van der Waals surface area (Å²) in [5, 5.41) is 14.8. The highest BCUT2D eigenvalue weighted by molar-refractivity contribution is 5.40. The molecule has 0 aliphatic rings. The van der Waals surface area contributed by atoms with Crippen LogP contribution >= 0.6 is 0 Å². The molecule has 1 aromatic heterocycles. The van der Waals surface area contributed by atoms with Gasteiger partial charge in [0.15, 0.2) is 0 Å². The number of benzene rings is 1. The van der Waals surface area contributed by atoms with E-state index in [-0.39, 0.29) is 5.69 Å². The van der Waals surface area contributed by atoms with Crippen molar-refractivity contribution in [3.63, 3.8) is 0 Å². The highest BCUT2D eigenvalue weighted by Gasteiger charge is 2.05. The first kappa shape index (κ1) is 12.3. The van der Waals surface area contributed by atoms with Gasteiger partial charge in [-0.15, -0.1) is 0 Å². The Bertz CT molecular complexity index is 531. The first-order valence-corrected chi connectivity index (χ1v) is 5.99. The standard InChI is InChI=1S/C13H15N3O2/c1-2-3-4-11-9-14-15(10-11)12-5-7-13(8-6-12)16(17)18/h5-10H,2-4H2,1H3. The molecule has 0 fully saturated rings. The molecule has 5 heteroatoms. The van der Waals surface area contributed by atoms with Gasteiger partial charge in [0.1, 0.15) is 0 Å². The topological polar surface area (TPSA) is 61.0 Å². The molecule has 0 saturated carbocycles. The number of nitrogens with zero attached hydrogens (tertiary/aromatic N) is 3. The van der Waals surface area contributed by atoms with Gasteiger partial charge in [-0.3, -0.25) is 10.1 Å². The summed E-state index contributed by atoms with van der Waals surface area (Å²) in [4.78, 5) is 10.2. The molecule has 0 radical (unpaired) electrons. The summed E-state index contributed by atoms with van der Waals surface area (Å²) < 4.78 is 1.74. The molecule has 1 aromatic carbocycles. The van der Waals surface area contributed by atoms with Crippen molar-refractivity contribution >= 4 is 5.69 Å². The van der Waals surface area contributed by atoms with Crippen LogP contribution < -0.4 is 0 Å². The summed E-state index contributed by atoms with van der Waals surface area (Å²) >= 11 is 0. The molecule has 0 aliphatic carbocycles. The fourth-order valence-corrected chi connectivity index (χ4v) is 1.74. The molecule has 2 aromatic rings. The lowest BCUT2D eigenvalue weighted by Crippen LogP contribution is -1.95. The molecule has 0 saturated heterocycles. The van der Waals surface area contributed by atoms with Crippen molar-refractivity contribution in [3.05, 3.63) is 52.3 Å². The molecular formula is C13H15N3O2. The number of non-ortho nitro benzene ring substituents is 1. The molecule has 0 N–H and O–H groups in total. The van der Waals surface area contributed by atoms with E-state index >= 15 is 0 Å². The van der Waals surface area contributed by atoms with E-state index in [0.717, 1.165) is 24.9 Å². The second-order valence-electron chi connectivity index (χ2n) is 4.17. The molecule has 0 spiro atoms. The lowest BCUT2D eigenvalue weighted by molar-refractivity contribution is -0.384. The van der Waals surface area contributed by atoms with E-state index < -0.39 is 4.92 Å². The molecule has 94 valence electrons. The van der Waals surface area contributed by atoms with E-state index in [1.165, 1.54) is 17.7 Å². The van der Waals surface area contributed by atoms with Crippen LogP contribution in [-0.4, -0.2) is 14.7 Å². The lowest BCUT2D eigenvalue weighted by Gasteiger charge is -2.00. The molecule has 0 aliphatic heterocycles. The first-order chi connectivity index (χ1) is 8.70. The summed E-state index contributed by atoms with van der Waals surface area (Å²) in [7, 11) is 0. The molecule has 0 atom stereocenters. The number of unbranched alkanes of at least 4 members (excludes halogenated alkanes) is 1. The summed E-state index contributed by atoms with van der Waals surface area (Å²) in [6.45, 7) is 2.15. The molecule has 0 bridgehead atoms. The Balaban J connectivity index is 2.15. The van der Waals surface area contributed by atoms with Crippen LogP contribution in [0.1, 0.15) is 25.3 Å². The van der Waals surface area contributed by atoms with Crippen LogP contribution in [0.2, 0.25) is 0 Å². The van der Waals surface area contributed by atoms with Gasteiger partial charge in [0.2, 0.25) is 0 Å². The van der Waals surface area contributed by atoms with Gasteiger partial charge in [0, 0.05) is 18.3 Å². The van der Waals surface area contributed by atoms with Gasteiger partial charge in [-0.25, -0.2) is 4.68 Å². The largest absolute Gasteiger partial charge is 0.269 e. The Kier molecular flexibility index (Phi) is 3.72. The highest BCUT2D eigenvalue weighted by atomic mass is 16.6. The Hall–Kier alpha value is -2.17. The number of nitro groups is 1. The second kappa shape index (κ2) is 5.44. The number of hydrogen-bond acceptors (Lipinski definition) is 3. The minimum Gasteiger partial charge on any atom is -0.258 e. The van der Waals surface area contributed by atoms with Crippen LogP contribution in [0.3, 0.4) is 0 Å². The third kappa shape index (κ3) is 2.74. The molecule has 0 amide bonds. The number of rotatable bonds is 5. The average molecular weight is 245 g/mol. The average Bonchev–Trinajstić information content (AvgIpc) is 2.85. The zero-order valence-corrected chi connectivity index (χ0v) is 10.2. The fourth-order valence-electron chi connectivity index (χ4n) is 1.74. The van der Waals surface area contributed by atoms with Crippen molar-refractivity contribution in [1.29, 1.82) is 0 Å². The smallest absolute Gasteiger partial charge is 0.258 e. The normalized spacial score (nSPS) is 10.5. The quantitative estimate of drug-likeness (QED) is 0.600. The zero-order valence-electron chi connectivity index (χ0n) is 10.2. The Labute approximate surface area is 105 Å². The monoisotopic (exact) mass is 245 g/mol. The SMILES string of the molecule is CCCCc1cnn(-c2ccc([N+](=O)[O-])cc2)c1. The van der Waals surface area contributed by atoms with E-state index in [1.54, 1.807) is 16.8 Å². The van der Waals surface area contributed by atoms with E-state index in [9.17, 15) is 10.1 Å². The van der Waals surface area contributed by atoms with Gasteiger partial charge in [-0.2, -0.15) is 5.10 Å².